The molecule has 6 heteroatoms. The van der Waals surface area contributed by atoms with Gasteiger partial charge in [0.2, 0.25) is 0 Å². The van der Waals surface area contributed by atoms with Crippen LogP contribution in [-0.2, 0) is 16.0 Å². The van der Waals surface area contributed by atoms with Crippen LogP contribution in [0, 0.1) is 25.2 Å². The molecule has 1 atom stereocenters. The van der Waals surface area contributed by atoms with Crippen LogP contribution in [0.1, 0.15) is 65.5 Å². The number of para-hydroxylation sites is 1. The van der Waals surface area contributed by atoms with Crippen LogP contribution in [0.2, 0.25) is 0 Å². The van der Waals surface area contributed by atoms with Gasteiger partial charge in [0.1, 0.15) is 5.75 Å². The number of rotatable bonds is 6. The summed E-state index contributed by atoms with van der Waals surface area (Å²) in [5.41, 5.74) is 7.78. The summed E-state index contributed by atoms with van der Waals surface area (Å²) < 4.78 is 11.0. The zero-order valence-corrected chi connectivity index (χ0v) is 25.2. The fourth-order valence-corrected chi connectivity index (χ4v) is 5.61. The van der Waals surface area contributed by atoms with Gasteiger partial charge in [-0.3, -0.25) is 4.79 Å². The van der Waals surface area contributed by atoms with Crippen molar-refractivity contribution in [2.45, 2.75) is 47.5 Å². The zero-order valence-electron chi connectivity index (χ0n) is 25.2. The summed E-state index contributed by atoms with van der Waals surface area (Å²) in [4.78, 5) is 31.7. The van der Waals surface area contributed by atoms with Crippen LogP contribution in [0.4, 0.5) is 5.69 Å². The molecule has 1 aliphatic carbocycles. The maximum Gasteiger partial charge on any atom is 0.339 e. The number of aromatic nitrogens is 1. The largest absolute Gasteiger partial charge is 0.497 e. The van der Waals surface area contributed by atoms with E-state index in [1.165, 1.54) is 0 Å². The second-order valence-electron chi connectivity index (χ2n) is 12.2. The minimum atomic E-state index is -0.515. The van der Waals surface area contributed by atoms with Gasteiger partial charge in [-0.2, -0.15) is 0 Å². The smallest absolute Gasteiger partial charge is 0.339 e. The Morgan fingerprint density at radius 3 is 2.43 bits per heavy atom. The molecule has 6 nitrogen and oxygen atoms in total. The number of hydrogen-bond donors (Lipinski definition) is 1. The number of amides is 1. The quantitative estimate of drug-likeness (QED) is 0.243. The average molecular weight is 563 g/mol. The summed E-state index contributed by atoms with van der Waals surface area (Å²) in [6.07, 6.45) is 3.68. The first-order chi connectivity index (χ1) is 20.0. The van der Waals surface area contributed by atoms with E-state index in [0.29, 0.717) is 17.7 Å². The zero-order chi connectivity index (χ0) is 30.0. The van der Waals surface area contributed by atoms with E-state index in [4.69, 9.17) is 14.5 Å². The van der Waals surface area contributed by atoms with Crippen molar-refractivity contribution in [1.29, 1.82) is 0 Å². The Morgan fingerprint density at radius 2 is 1.74 bits per heavy atom. The lowest BCUT2D eigenvalue weighted by atomic mass is 9.69. The number of aryl methyl sites for hydroxylation is 2. The van der Waals surface area contributed by atoms with Gasteiger partial charge in [0.05, 0.1) is 23.9 Å². The molecular formula is C36H38N2O4. The highest BCUT2D eigenvalue weighted by molar-refractivity contribution is 6.07. The van der Waals surface area contributed by atoms with E-state index in [-0.39, 0.29) is 23.8 Å². The highest BCUT2D eigenvalue weighted by atomic mass is 16.5. The van der Waals surface area contributed by atoms with E-state index < -0.39 is 5.97 Å². The van der Waals surface area contributed by atoms with Gasteiger partial charge >= 0.3 is 5.97 Å². The molecule has 1 aromatic heterocycles. The van der Waals surface area contributed by atoms with Gasteiger partial charge in [0.15, 0.2) is 6.61 Å². The van der Waals surface area contributed by atoms with Crippen LogP contribution >= 0.6 is 0 Å². The highest BCUT2D eigenvalue weighted by Gasteiger charge is 2.35. The monoisotopic (exact) mass is 562 g/mol. The minimum absolute atomic E-state index is 0.00467. The number of esters is 1. The van der Waals surface area contributed by atoms with Crippen LogP contribution < -0.4 is 10.1 Å². The summed E-state index contributed by atoms with van der Waals surface area (Å²) in [6.45, 7) is 10.3. The molecule has 42 heavy (non-hydrogen) atoms. The topological polar surface area (TPSA) is 77.5 Å². The minimum Gasteiger partial charge on any atom is -0.497 e. The number of benzene rings is 3. The second-order valence-corrected chi connectivity index (χ2v) is 12.2. The third-order valence-corrected chi connectivity index (χ3v) is 8.09. The summed E-state index contributed by atoms with van der Waals surface area (Å²) >= 11 is 0. The number of anilines is 1. The summed E-state index contributed by atoms with van der Waals surface area (Å²) in [5, 5.41) is 3.60. The van der Waals surface area contributed by atoms with Crippen molar-refractivity contribution in [3.05, 3.63) is 100 Å². The maximum atomic E-state index is 13.8. The van der Waals surface area contributed by atoms with Gasteiger partial charge in [-0.05, 0) is 90.6 Å². The molecule has 3 aromatic carbocycles. The molecule has 0 radical (unpaired) electrons. The number of nitrogens with one attached hydrogen (secondary N) is 1. The van der Waals surface area contributed by atoms with E-state index in [2.05, 4.69) is 32.2 Å². The Hall–Kier alpha value is -4.45. The van der Waals surface area contributed by atoms with Crippen molar-refractivity contribution in [3.63, 3.8) is 0 Å². The molecule has 1 heterocycles. The number of fused-ring (bicyclic) bond motifs is 2. The lowest BCUT2D eigenvalue weighted by Gasteiger charge is -2.36. The van der Waals surface area contributed by atoms with E-state index >= 15 is 0 Å². The third kappa shape index (κ3) is 6.23. The fourth-order valence-electron chi connectivity index (χ4n) is 5.61. The van der Waals surface area contributed by atoms with E-state index in [1.807, 2.05) is 80.6 Å². The summed E-state index contributed by atoms with van der Waals surface area (Å²) in [7, 11) is 1.65. The second kappa shape index (κ2) is 11.8. The maximum absolute atomic E-state index is 13.8. The van der Waals surface area contributed by atoms with Gasteiger partial charge < -0.3 is 14.8 Å². The average Bonchev–Trinajstić information content (AvgIpc) is 2.96. The van der Waals surface area contributed by atoms with E-state index in [0.717, 1.165) is 56.6 Å². The van der Waals surface area contributed by atoms with Crippen molar-refractivity contribution in [2.75, 3.05) is 19.0 Å². The van der Waals surface area contributed by atoms with E-state index in [9.17, 15) is 9.59 Å². The fraction of sp³-hybridized carbons (Fsp3) is 0.306. The molecule has 0 saturated heterocycles. The van der Waals surface area contributed by atoms with E-state index in [1.54, 1.807) is 7.11 Å². The molecule has 1 N–H and O–H groups in total. The molecule has 0 spiro atoms. The van der Waals surface area contributed by atoms with Crippen LogP contribution in [0.25, 0.3) is 22.6 Å². The highest BCUT2D eigenvalue weighted by Crippen LogP contribution is 2.45. The molecule has 0 saturated carbocycles. The first-order valence-corrected chi connectivity index (χ1v) is 14.3. The first kappa shape index (κ1) is 29.1. The molecule has 5 rings (SSSR count). The molecule has 0 aliphatic heterocycles. The number of ether oxygens (including phenoxy) is 2. The Kier molecular flexibility index (Phi) is 8.17. The standard InChI is InChI=1S/C36H38N2O4/c1-22-11-16-30(23(2)17-22)37-32(39)21-42-35(40)33-28-9-7-8-10-31(28)38-34-25(18-24-12-14-27(41-6)15-13-24)19-26(20-29(33)34)36(3,4)5/h7-18,26H,19-21H2,1-6H3,(H,37,39)/b25-18-/t26-/m1/s1. The number of methoxy groups -OCH3 is 1. The Balaban J connectivity index is 1.53. The van der Waals surface area contributed by atoms with Gasteiger partial charge in [0.25, 0.3) is 5.91 Å². The molecule has 4 aromatic rings. The number of hydrogen-bond acceptors (Lipinski definition) is 5. The van der Waals surface area contributed by atoms with Crippen LogP contribution in [0.5, 0.6) is 5.75 Å². The van der Waals surface area contributed by atoms with Crippen LogP contribution in [-0.4, -0.2) is 30.6 Å². The van der Waals surface area contributed by atoms with Crippen molar-refractivity contribution in [1.82, 2.24) is 4.98 Å². The SMILES string of the molecule is COc1ccc(/C=C2/C[C@@H](C(C)(C)C)Cc3c2nc2ccccc2c3C(=O)OCC(=O)Nc2ccc(C)cc2C)cc1. The molecule has 0 bridgehead atoms. The Morgan fingerprint density at radius 1 is 1.00 bits per heavy atom. The lowest BCUT2D eigenvalue weighted by Crippen LogP contribution is -2.29. The van der Waals surface area contributed by atoms with Crippen molar-refractivity contribution < 1.29 is 19.1 Å². The van der Waals surface area contributed by atoms with Crippen LogP contribution in [0.3, 0.4) is 0 Å². The number of carbonyl (C=O) groups is 2. The molecule has 0 fully saturated rings. The Labute approximate surface area is 247 Å². The van der Waals surface area contributed by atoms with Gasteiger partial charge in [-0.1, -0.05) is 68.8 Å². The normalized spacial score (nSPS) is 15.8. The summed E-state index contributed by atoms with van der Waals surface area (Å²) in [6, 6.07) is 21.4. The predicted molar refractivity (Wildman–Crippen MR) is 169 cm³/mol. The molecular weight excluding hydrogens is 524 g/mol. The molecule has 1 aliphatic rings. The number of pyridine rings is 1. The van der Waals surface area contributed by atoms with Gasteiger partial charge in [-0.25, -0.2) is 9.78 Å². The summed E-state index contributed by atoms with van der Waals surface area (Å²) in [5.74, 6) is 0.176. The molecule has 216 valence electrons. The number of nitrogens with zero attached hydrogens (tertiary/aromatic N) is 1. The van der Waals surface area contributed by atoms with Gasteiger partial charge in [-0.15, -0.1) is 0 Å². The van der Waals surface area contributed by atoms with Crippen molar-refractivity contribution in [2.24, 2.45) is 11.3 Å². The number of carbonyl (C=O) groups excluding carboxylic acids is 2. The van der Waals surface area contributed by atoms with Crippen molar-refractivity contribution in [3.8, 4) is 5.75 Å². The van der Waals surface area contributed by atoms with Crippen molar-refractivity contribution >= 4 is 40.1 Å². The Bertz CT molecular complexity index is 1680. The lowest BCUT2D eigenvalue weighted by molar-refractivity contribution is -0.119. The third-order valence-electron chi connectivity index (χ3n) is 8.09. The van der Waals surface area contributed by atoms with Crippen LogP contribution in [0.15, 0.2) is 66.7 Å². The number of allylic oxidation sites excluding steroid dienone is 1. The predicted octanol–water partition coefficient (Wildman–Crippen LogP) is 7.80. The molecule has 1 amide bonds. The first-order valence-electron chi connectivity index (χ1n) is 14.3. The molecule has 0 unspecified atom stereocenters. The van der Waals surface area contributed by atoms with Gasteiger partial charge in [0, 0.05) is 11.1 Å².